The predicted molar refractivity (Wildman–Crippen MR) is 96.8 cm³/mol. The maximum absolute atomic E-state index is 10.1. The molecule has 2 aromatic rings. The number of primary amides is 1. The summed E-state index contributed by atoms with van der Waals surface area (Å²) < 4.78 is 6.85. The van der Waals surface area contributed by atoms with Crippen molar-refractivity contribution < 1.29 is 34.8 Å². The molecule has 1 amide bonds. The van der Waals surface area contributed by atoms with Gasteiger partial charge in [0.05, 0.1) is 12.9 Å². The van der Waals surface area contributed by atoms with Crippen LogP contribution >= 0.6 is 0 Å². The van der Waals surface area contributed by atoms with Crippen molar-refractivity contribution in [1.29, 1.82) is 0 Å². The van der Waals surface area contributed by atoms with E-state index in [1.807, 2.05) is 0 Å². The summed E-state index contributed by atoms with van der Waals surface area (Å²) in [6, 6.07) is -0.979. The van der Waals surface area contributed by atoms with Crippen LogP contribution in [0.25, 0.3) is 11.2 Å². The van der Waals surface area contributed by atoms with Crippen molar-refractivity contribution in [2.24, 2.45) is 11.5 Å². The number of rotatable bonds is 6. The number of fused-ring (bicyclic) bond motifs is 1. The molecule has 0 aliphatic carbocycles. The number of hydrogen-bond donors (Lipinski definition) is 7. The molecule has 3 rings (SSSR count). The molecule has 0 aromatic carbocycles. The molecule has 2 aromatic heterocycles. The van der Waals surface area contributed by atoms with Crippen LogP contribution in [-0.4, -0.2) is 82.8 Å². The minimum Gasteiger partial charge on any atom is -0.480 e. The summed E-state index contributed by atoms with van der Waals surface area (Å²) in [5, 5.41) is 37.0. The van der Waals surface area contributed by atoms with Gasteiger partial charge in [-0.2, -0.15) is 0 Å². The first-order chi connectivity index (χ1) is 13.7. The van der Waals surface area contributed by atoms with Crippen molar-refractivity contribution in [1.82, 2.24) is 19.5 Å². The Balaban J connectivity index is 0.000000257. The van der Waals surface area contributed by atoms with Gasteiger partial charge in [0.2, 0.25) is 5.91 Å². The van der Waals surface area contributed by atoms with Gasteiger partial charge in [0.1, 0.15) is 36.2 Å². The van der Waals surface area contributed by atoms with Gasteiger partial charge in [-0.3, -0.25) is 14.2 Å². The second-order valence-electron chi connectivity index (χ2n) is 6.26. The van der Waals surface area contributed by atoms with Gasteiger partial charge < -0.3 is 42.4 Å². The molecule has 1 aliphatic rings. The van der Waals surface area contributed by atoms with E-state index in [2.05, 4.69) is 15.0 Å². The van der Waals surface area contributed by atoms with Crippen molar-refractivity contribution in [3.05, 3.63) is 12.7 Å². The van der Waals surface area contributed by atoms with Crippen molar-refractivity contribution in [3.63, 3.8) is 0 Å². The van der Waals surface area contributed by atoms with Gasteiger partial charge in [-0.05, 0) is 6.42 Å². The topological polar surface area (TPSA) is 246 Å². The fourth-order valence-electron chi connectivity index (χ4n) is 2.59. The molecule has 1 aliphatic heterocycles. The molecule has 5 atom stereocenters. The lowest BCUT2D eigenvalue weighted by molar-refractivity contribution is -0.138. The molecular formula is C15H23N7O7. The van der Waals surface area contributed by atoms with E-state index in [4.69, 9.17) is 32.2 Å². The quantitative estimate of drug-likeness (QED) is 0.246. The van der Waals surface area contributed by atoms with E-state index < -0.39 is 49.1 Å². The van der Waals surface area contributed by atoms with E-state index in [1.54, 1.807) is 0 Å². The molecule has 1 saturated heterocycles. The van der Waals surface area contributed by atoms with Crippen molar-refractivity contribution in [3.8, 4) is 0 Å². The van der Waals surface area contributed by atoms with E-state index in [-0.39, 0.29) is 18.7 Å². The van der Waals surface area contributed by atoms with Crippen molar-refractivity contribution in [2.75, 3.05) is 12.3 Å². The zero-order valence-corrected chi connectivity index (χ0v) is 15.2. The highest BCUT2D eigenvalue weighted by Gasteiger charge is 2.43. The predicted octanol–water partition coefficient (Wildman–Crippen LogP) is -3.32. The number of carboxylic acid groups (broad SMARTS) is 1. The maximum Gasteiger partial charge on any atom is 0.320 e. The summed E-state index contributed by atoms with van der Waals surface area (Å²) in [5.74, 6) is -1.42. The number of carbonyl (C=O) groups excluding carboxylic acids is 1. The van der Waals surface area contributed by atoms with Gasteiger partial charge in [-0.25, -0.2) is 15.0 Å². The van der Waals surface area contributed by atoms with Crippen LogP contribution in [0.5, 0.6) is 0 Å². The molecule has 3 heterocycles. The number of aromatic nitrogens is 4. The number of aliphatic carboxylic acids is 1. The van der Waals surface area contributed by atoms with Crippen LogP contribution in [-0.2, 0) is 14.3 Å². The zero-order chi connectivity index (χ0) is 21.7. The Morgan fingerprint density at radius 3 is 2.48 bits per heavy atom. The fraction of sp³-hybridized carbons (Fsp3) is 0.533. The van der Waals surface area contributed by atoms with E-state index in [0.717, 1.165) is 0 Å². The maximum atomic E-state index is 10.1. The number of nitrogen functional groups attached to an aromatic ring is 1. The van der Waals surface area contributed by atoms with E-state index in [0.29, 0.717) is 11.2 Å². The standard InChI is InChI=1S/C10H13N5O4.C5H10N2O3/c11-8-5-9(13-2-12-8)15(3-14-5)10-7(18)6(17)4(1-16)19-10;6-3(5(9)10)1-2-4(7)8/h2-4,6-7,10,16-18H,1H2,(H2,11,12,13);3H,1-2,6H2,(H2,7,8)(H,9,10)/t4-,6-,7-,10-;/m1./s1. The van der Waals surface area contributed by atoms with Crippen LogP contribution < -0.4 is 17.2 Å². The van der Waals surface area contributed by atoms with E-state index in [9.17, 15) is 19.8 Å². The Morgan fingerprint density at radius 2 is 1.93 bits per heavy atom. The van der Waals surface area contributed by atoms with Crippen LogP contribution in [0.4, 0.5) is 5.82 Å². The monoisotopic (exact) mass is 413 g/mol. The second kappa shape index (κ2) is 9.53. The largest absolute Gasteiger partial charge is 0.480 e. The molecule has 10 N–H and O–H groups in total. The molecule has 0 saturated carbocycles. The molecule has 1 fully saturated rings. The summed E-state index contributed by atoms with van der Waals surface area (Å²) in [4.78, 5) is 32.0. The third-order valence-electron chi connectivity index (χ3n) is 4.20. The molecule has 160 valence electrons. The van der Waals surface area contributed by atoms with Crippen LogP contribution in [0.2, 0.25) is 0 Å². The first kappa shape index (κ1) is 22.4. The van der Waals surface area contributed by atoms with E-state index >= 15 is 0 Å². The van der Waals surface area contributed by atoms with E-state index in [1.165, 1.54) is 17.2 Å². The number of imidazole rings is 1. The SMILES string of the molecule is NC(=O)CCC(N)C(=O)O.Nc1ncnc2c1ncn2[C@@H]1O[C@H](CO)[C@@H](O)[C@H]1O. The van der Waals surface area contributed by atoms with Gasteiger partial charge >= 0.3 is 5.97 Å². The molecule has 0 bridgehead atoms. The highest BCUT2D eigenvalue weighted by atomic mass is 16.6. The molecule has 14 heteroatoms. The third-order valence-corrected chi connectivity index (χ3v) is 4.20. The summed E-state index contributed by atoms with van der Waals surface area (Å²) >= 11 is 0. The highest BCUT2D eigenvalue weighted by Crippen LogP contribution is 2.31. The highest BCUT2D eigenvalue weighted by molar-refractivity contribution is 5.81. The van der Waals surface area contributed by atoms with Crippen LogP contribution in [0, 0.1) is 0 Å². The fourth-order valence-corrected chi connectivity index (χ4v) is 2.59. The lowest BCUT2D eigenvalue weighted by Crippen LogP contribution is -2.33. The molecule has 0 radical (unpaired) electrons. The number of carbonyl (C=O) groups is 2. The average Bonchev–Trinajstić information content (AvgIpc) is 3.22. The number of nitrogens with two attached hydrogens (primary N) is 3. The molecule has 0 spiro atoms. The molecule has 14 nitrogen and oxygen atoms in total. The van der Waals surface area contributed by atoms with Crippen LogP contribution in [0.15, 0.2) is 12.7 Å². The average molecular weight is 413 g/mol. The van der Waals surface area contributed by atoms with Crippen LogP contribution in [0.1, 0.15) is 19.1 Å². The van der Waals surface area contributed by atoms with Gasteiger partial charge in [0, 0.05) is 6.42 Å². The molecular weight excluding hydrogens is 390 g/mol. The minimum absolute atomic E-state index is 0.0213. The summed E-state index contributed by atoms with van der Waals surface area (Å²) in [5.41, 5.74) is 16.3. The summed E-state index contributed by atoms with van der Waals surface area (Å²) in [7, 11) is 0. The third kappa shape index (κ3) is 5.12. The molecule has 1 unspecified atom stereocenters. The Labute approximate surface area is 163 Å². The van der Waals surface area contributed by atoms with Crippen molar-refractivity contribution in [2.45, 2.75) is 43.4 Å². The second-order valence-corrected chi connectivity index (χ2v) is 6.26. The van der Waals surface area contributed by atoms with Gasteiger partial charge in [0.25, 0.3) is 0 Å². The Morgan fingerprint density at radius 1 is 1.24 bits per heavy atom. The number of ether oxygens (including phenoxy) is 1. The number of amides is 1. The lowest BCUT2D eigenvalue weighted by atomic mass is 10.1. The van der Waals surface area contributed by atoms with Gasteiger partial charge in [-0.1, -0.05) is 0 Å². The normalized spacial score (nSPS) is 24.7. The zero-order valence-electron chi connectivity index (χ0n) is 15.2. The number of nitrogens with zero attached hydrogens (tertiary/aromatic N) is 4. The lowest BCUT2D eigenvalue weighted by Gasteiger charge is -2.16. The summed E-state index contributed by atoms with van der Waals surface area (Å²) in [6.45, 7) is -0.390. The number of aliphatic hydroxyl groups is 3. The first-order valence-corrected chi connectivity index (χ1v) is 8.49. The van der Waals surface area contributed by atoms with Gasteiger partial charge in [0.15, 0.2) is 17.7 Å². The van der Waals surface area contributed by atoms with Crippen LogP contribution in [0.3, 0.4) is 0 Å². The number of aliphatic hydroxyl groups excluding tert-OH is 3. The number of carboxylic acids is 1. The van der Waals surface area contributed by atoms with Gasteiger partial charge in [-0.15, -0.1) is 0 Å². The smallest absolute Gasteiger partial charge is 0.320 e. The van der Waals surface area contributed by atoms with Crippen molar-refractivity contribution >= 4 is 28.9 Å². The Kier molecular flexibility index (Phi) is 7.35. The minimum atomic E-state index is -1.19. The summed E-state index contributed by atoms with van der Waals surface area (Å²) in [6.07, 6.45) is -1.30. The molecule has 29 heavy (non-hydrogen) atoms. The Bertz CT molecular complexity index is 861. The number of anilines is 1. The Hall–Kier alpha value is -2.91. The number of hydrogen-bond acceptors (Lipinski definition) is 11. The first-order valence-electron chi connectivity index (χ1n) is 8.49.